The van der Waals surface area contributed by atoms with Gasteiger partial charge in [0.2, 0.25) is 0 Å². The SMILES string of the molecule is O=c1nccc(-c2cccc3ccsc23)[nH]1. The lowest BCUT2D eigenvalue weighted by molar-refractivity contribution is 1.08. The van der Waals surface area contributed by atoms with Crippen LogP contribution in [0.25, 0.3) is 21.3 Å². The molecule has 3 nitrogen and oxygen atoms in total. The van der Waals surface area contributed by atoms with Crippen molar-refractivity contribution in [2.75, 3.05) is 0 Å². The summed E-state index contributed by atoms with van der Waals surface area (Å²) in [5.74, 6) is 0. The number of fused-ring (bicyclic) bond motifs is 1. The molecule has 0 unspecified atom stereocenters. The van der Waals surface area contributed by atoms with Gasteiger partial charge in [0.05, 0.1) is 5.69 Å². The van der Waals surface area contributed by atoms with Crippen molar-refractivity contribution in [3.8, 4) is 11.3 Å². The molecule has 2 aromatic heterocycles. The highest BCUT2D eigenvalue weighted by Crippen LogP contribution is 2.30. The van der Waals surface area contributed by atoms with Crippen molar-refractivity contribution in [3.63, 3.8) is 0 Å². The van der Waals surface area contributed by atoms with Crippen LogP contribution in [-0.4, -0.2) is 9.97 Å². The first-order valence-corrected chi connectivity index (χ1v) is 5.74. The highest BCUT2D eigenvalue weighted by molar-refractivity contribution is 7.17. The van der Waals surface area contributed by atoms with E-state index in [2.05, 4.69) is 22.1 Å². The predicted octanol–water partition coefficient (Wildman–Crippen LogP) is 2.65. The summed E-state index contributed by atoms with van der Waals surface area (Å²) >= 11 is 1.67. The van der Waals surface area contributed by atoms with Crippen LogP contribution >= 0.6 is 11.3 Å². The Balaban J connectivity index is 2.33. The minimum atomic E-state index is -0.314. The number of nitrogens with one attached hydrogen (secondary N) is 1. The van der Waals surface area contributed by atoms with Crippen molar-refractivity contribution in [2.45, 2.75) is 0 Å². The molecule has 0 amide bonds. The zero-order valence-electron chi connectivity index (χ0n) is 8.31. The van der Waals surface area contributed by atoms with Crippen LogP contribution in [0.15, 0.2) is 46.7 Å². The standard InChI is InChI=1S/C12H8N2OS/c15-12-13-6-4-10(14-12)9-3-1-2-8-5-7-16-11(8)9/h1-7H,(H,13,14,15). The molecule has 0 fully saturated rings. The first-order chi connectivity index (χ1) is 7.84. The van der Waals surface area contributed by atoms with Crippen LogP contribution in [0.5, 0.6) is 0 Å². The van der Waals surface area contributed by atoms with Gasteiger partial charge in [0.1, 0.15) is 0 Å². The minimum absolute atomic E-state index is 0.314. The lowest BCUT2D eigenvalue weighted by atomic mass is 10.1. The second-order valence-corrected chi connectivity index (χ2v) is 4.35. The van der Waals surface area contributed by atoms with Gasteiger partial charge < -0.3 is 4.98 Å². The van der Waals surface area contributed by atoms with Crippen molar-refractivity contribution in [1.82, 2.24) is 9.97 Å². The summed E-state index contributed by atoms with van der Waals surface area (Å²) in [4.78, 5) is 17.5. The van der Waals surface area contributed by atoms with Gasteiger partial charge in [-0.1, -0.05) is 18.2 Å². The molecular formula is C12H8N2OS. The van der Waals surface area contributed by atoms with Crippen LogP contribution in [0, 0.1) is 0 Å². The van der Waals surface area contributed by atoms with Gasteiger partial charge in [-0.15, -0.1) is 11.3 Å². The molecule has 0 bridgehead atoms. The predicted molar refractivity (Wildman–Crippen MR) is 65.7 cm³/mol. The molecule has 1 aromatic carbocycles. The fourth-order valence-corrected chi connectivity index (χ4v) is 2.66. The smallest absolute Gasteiger partial charge is 0.305 e. The number of rotatable bonds is 1. The second-order valence-electron chi connectivity index (χ2n) is 3.43. The zero-order valence-corrected chi connectivity index (χ0v) is 9.12. The summed E-state index contributed by atoms with van der Waals surface area (Å²) in [6, 6.07) is 9.94. The molecule has 3 rings (SSSR count). The van der Waals surface area contributed by atoms with E-state index >= 15 is 0 Å². The van der Waals surface area contributed by atoms with Crippen LogP contribution < -0.4 is 5.69 Å². The molecule has 78 valence electrons. The highest BCUT2D eigenvalue weighted by atomic mass is 32.1. The van der Waals surface area contributed by atoms with E-state index in [0.29, 0.717) is 0 Å². The molecule has 0 saturated heterocycles. The van der Waals surface area contributed by atoms with Crippen LogP contribution in [0.3, 0.4) is 0 Å². The molecular weight excluding hydrogens is 220 g/mol. The Kier molecular flexibility index (Phi) is 2.08. The van der Waals surface area contributed by atoms with E-state index in [1.165, 1.54) is 16.3 Å². The fraction of sp³-hybridized carbons (Fsp3) is 0. The molecule has 16 heavy (non-hydrogen) atoms. The maximum Gasteiger partial charge on any atom is 0.345 e. The molecule has 0 atom stereocenters. The number of hydrogen-bond acceptors (Lipinski definition) is 3. The van der Waals surface area contributed by atoms with Gasteiger partial charge in [0.15, 0.2) is 0 Å². The van der Waals surface area contributed by atoms with Gasteiger partial charge in [0.25, 0.3) is 0 Å². The van der Waals surface area contributed by atoms with E-state index in [0.717, 1.165) is 11.3 Å². The van der Waals surface area contributed by atoms with E-state index in [4.69, 9.17) is 0 Å². The Morgan fingerprint density at radius 1 is 1.19 bits per heavy atom. The summed E-state index contributed by atoms with van der Waals surface area (Å²) in [6.07, 6.45) is 1.53. The lowest BCUT2D eigenvalue weighted by Crippen LogP contribution is -2.09. The van der Waals surface area contributed by atoms with Crippen molar-refractivity contribution >= 4 is 21.4 Å². The fourth-order valence-electron chi connectivity index (χ4n) is 1.73. The van der Waals surface area contributed by atoms with Crippen molar-refractivity contribution in [2.24, 2.45) is 0 Å². The van der Waals surface area contributed by atoms with Crippen LogP contribution in [0.2, 0.25) is 0 Å². The third-order valence-corrected chi connectivity index (χ3v) is 3.41. The number of benzene rings is 1. The van der Waals surface area contributed by atoms with Crippen LogP contribution in [0.1, 0.15) is 0 Å². The molecule has 0 aliphatic heterocycles. The summed E-state index contributed by atoms with van der Waals surface area (Å²) in [5, 5.41) is 3.24. The van der Waals surface area contributed by atoms with Gasteiger partial charge >= 0.3 is 5.69 Å². The summed E-state index contributed by atoms with van der Waals surface area (Å²) in [7, 11) is 0. The maximum atomic E-state index is 11.2. The highest BCUT2D eigenvalue weighted by Gasteiger charge is 2.04. The quantitative estimate of drug-likeness (QED) is 0.696. The molecule has 0 aliphatic rings. The Hall–Kier alpha value is -1.94. The Labute approximate surface area is 95.4 Å². The van der Waals surface area contributed by atoms with Gasteiger partial charge in [-0.2, -0.15) is 0 Å². The zero-order chi connectivity index (χ0) is 11.0. The normalized spacial score (nSPS) is 10.8. The number of H-pyrrole nitrogens is 1. The third-order valence-electron chi connectivity index (χ3n) is 2.44. The van der Waals surface area contributed by atoms with Gasteiger partial charge in [-0.25, -0.2) is 9.78 Å². The Morgan fingerprint density at radius 2 is 2.12 bits per heavy atom. The largest absolute Gasteiger partial charge is 0.345 e. The molecule has 0 aliphatic carbocycles. The summed E-state index contributed by atoms with van der Waals surface area (Å²) < 4.78 is 1.18. The minimum Gasteiger partial charge on any atom is -0.305 e. The second kappa shape index (κ2) is 3.57. The first-order valence-electron chi connectivity index (χ1n) is 4.86. The third kappa shape index (κ3) is 1.44. The molecule has 0 spiro atoms. The number of hydrogen-bond donors (Lipinski definition) is 1. The lowest BCUT2D eigenvalue weighted by Gasteiger charge is -2.01. The van der Waals surface area contributed by atoms with Crippen LogP contribution in [0.4, 0.5) is 0 Å². The van der Waals surface area contributed by atoms with Gasteiger partial charge in [-0.05, 0) is 22.9 Å². The monoisotopic (exact) mass is 228 g/mol. The number of aromatic amines is 1. The van der Waals surface area contributed by atoms with Gasteiger partial charge in [0, 0.05) is 16.5 Å². The maximum absolute atomic E-state index is 11.2. The number of nitrogens with zero attached hydrogens (tertiary/aromatic N) is 1. The van der Waals surface area contributed by atoms with Gasteiger partial charge in [-0.3, -0.25) is 0 Å². The molecule has 0 saturated carbocycles. The van der Waals surface area contributed by atoms with Crippen molar-refractivity contribution in [3.05, 3.63) is 52.4 Å². The molecule has 0 radical (unpaired) electrons. The summed E-state index contributed by atoms with van der Waals surface area (Å²) in [5.41, 5.74) is 1.55. The van der Waals surface area contributed by atoms with E-state index < -0.39 is 0 Å². The summed E-state index contributed by atoms with van der Waals surface area (Å²) in [6.45, 7) is 0. The van der Waals surface area contributed by atoms with E-state index in [-0.39, 0.29) is 5.69 Å². The Morgan fingerprint density at radius 3 is 3.00 bits per heavy atom. The molecule has 4 heteroatoms. The number of aromatic nitrogens is 2. The average Bonchev–Trinajstić information content (AvgIpc) is 2.76. The average molecular weight is 228 g/mol. The Bertz CT molecular complexity index is 699. The molecule has 3 aromatic rings. The molecule has 1 N–H and O–H groups in total. The number of thiophene rings is 1. The van der Waals surface area contributed by atoms with Crippen LogP contribution in [-0.2, 0) is 0 Å². The van der Waals surface area contributed by atoms with E-state index in [1.54, 1.807) is 11.3 Å². The van der Waals surface area contributed by atoms with E-state index in [9.17, 15) is 4.79 Å². The molecule has 2 heterocycles. The topological polar surface area (TPSA) is 45.8 Å². The van der Waals surface area contributed by atoms with E-state index in [1.807, 2.05) is 23.6 Å². The van der Waals surface area contributed by atoms with Crippen molar-refractivity contribution < 1.29 is 0 Å². The van der Waals surface area contributed by atoms with Crippen molar-refractivity contribution in [1.29, 1.82) is 0 Å². The first kappa shape index (κ1) is 9.30.